The smallest absolute Gasteiger partial charge is 0.225 e. The molecule has 106 valence electrons. The molecule has 1 aromatic heterocycles. The first-order valence-corrected chi connectivity index (χ1v) is 7.07. The Morgan fingerprint density at radius 3 is 2.85 bits per heavy atom. The Kier molecular flexibility index (Phi) is 3.22. The van der Waals surface area contributed by atoms with Crippen molar-refractivity contribution in [3.05, 3.63) is 24.3 Å². The van der Waals surface area contributed by atoms with Gasteiger partial charge in [-0.05, 0) is 32.4 Å². The first kappa shape index (κ1) is 13.1. The number of aliphatic hydroxyl groups is 1. The van der Waals surface area contributed by atoms with Crippen molar-refractivity contribution in [2.24, 2.45) is 0 Å². The van der Waals surface area contributed by atoms with E-state index in [0.29, 0.717) is 12.5 Å². The molecule has 1 atom stereocenters. The number of β-amino-alcohol motifs (C(OH)–C–C–N with tert-alkyl or cyclic N) is 1. The van der Waals surface area contributed by atoms with Gasteiger partial charge in [-0.25, -0.2) is 4.98 Å². The van der Waals surface area contributed by atoms with Crippen molar-refractivity contribution in [3.63, 3.8) is 0 Å². The molecule has 5 nitrogen and oxygen atoms in total. The Morgan fingerprint density at radius 2 is 2.15 bits per heavy atom. The van der Waals surface area contributed by atoms with Gasteiger partial charge in [0.05, 0.1) is 11.1 Å². The zero-order chi connectivity index (χ0) is 14.2. The van der Waals surface area contributed by atoms with Gasteiger partial charge in [-0.2, -0.15) is 4.98 Å². The Balaban J connectivity index is 2.08. The number of nitrogens with zero attached hydrogens (tertiary/aromatic N) is 3. The van der Waals surface area contributed by atoms with Crippen molar-refractivity contribution >= 4 is 22.7 Å². The lowest BCUT2D eigenvalue weighted by atomic mass is 10.1. The molecule has 0 radical (unpaired) electrons. The van der Waals surface area contributed by atoms with E-state index in [1.54, 1.807) is 0 Å². The Labute approximate surface area is 118 Å². The van der Waals surface area contributed by atoms with Crippen LogP contribution in [0.5, 0.6) is 0 Å². The van der Waals surface area contributed by atoms with E-state index in [1.165, 1.54) is 0 Å². The molecule has 2 heterocycles. The second-order valence-electron chi connectivity index (χ2n) is 5.59. The van der Waals surface area contributed by atoms with Gasteiger partial charge in [0.1, 0.15) is 5.82 Å². The van der Waals surface area contributed by atoms with Crippen LogP contribution in [0, 0.1) is 0 Å². The summed E-state index contributed by atoms with van der Waals surface area (Å²) in [6.45, 7) is 6.12. The molecule has 2 aromatic rings. The Bertz CT molecular complexity index is 626. The average molecular weight is 272 g/mol. The maximum atomic E-state index is 10.2. The summed E-state index contributed by atoms with van der Waals surface area (Å²) in [6.07, 6.45) is 0.766. The summed E-state index contributed by atoms with van der Waals surface area (Å²) < 4.78 is 0. The molecule has 3 rings (SSSR count). The first-order valence-electron chi connectivity index (χ1n) is 7.07. The number of anilines is 2. The third-order valence-corrected chi connectivity index (χ3v) is 3.67. The molecule has 20 heavy (non-hydrogen) atoms. The highest BCUT2D eigenvalue weighted by atomic mass is 16.3. The molecule has 0 saturated carbocycles. The number of rotatable bonds is 3. The van der Waals surface area contributed by atoms with Gasteiger partial charge in [-0.15, -0.1) is 0 Å². The van der Waals surface area contributed by atoms with Crippen LogP contribution in [0.2, 0.25) is 0 Å². The molecule has 0 bridgehead atoms. The van der Waals surface area contributed by atoms with E-state index in [1.807, 2.05) is 38.1 Å². The van der Waals surface area contributed by atoms with Crippen molar-refractivity contribution in [3.8, 4) is 0 Å². The average Bonchev–Trinajstić information content (AvgIpc) is 2.78. The standard InChI is InChI=1S/C15H20N4O/c1-3-16-14-17-12-7-5-4-6-11(12)13(18-14)19-9-8-15(2,20)10-19/h4-7,20H,3,8-10H2,1-2H3,(H,16,17,18). The number of hydrogen-bond donors (Lipinski definition) is 2. The number of hydrogen-bond acceptors (Lipinski definition) is 5. The van der Waals surface area contributed by atoms with E-state index in [9.17, 15) is 5.11 Å². The van der Waals surface area contributed by atoms with Gasteiger partial charge in [0.15, 0.2) is 0 Å². The summed E-state index contributed by atoms with van der Waals surface area (Å²) in [5.41, 5.74) is 0.296. The number of nitrogens with one attached hydrogen (secondary N) is 1. The van der Waals surface area contributed by atoms with Crippen LogP contribution in [-0.2, 0) is 0 Å². The fourth-order valence-electron chi connectivity index (χ4n) is 2.66. The van der Waals surface area contributed by atoms with Crippen molar-refractivity contribution in [1.82, 2.24) is 9.97 Å². The second-order valence-corrected chi connectivity index (χ2v) is 5.59. The van der Waals surface area contributed by atoms with Gasteiger partial charge in [0, 0.05) is 25.0 Å². The van der Waals surface area contributed by atoms with E-state index in [2.05, 4.69) is 20.2 Å². The maximum Gasteiger partial charge on any atom is 0.225 e. The molecule has 1 fully saturated rings. The second kappa shape index (κ2) is 4.90. The lowest BCUT2D eigenvalue weighted by Crippen LogP contribution is -2.30. The molecule has 1 aromatic carbocycles. The lowest BCUT2D eigenvalue weighted by molar-refractivity contribution is 0.0839. The number of fused-ring (bicyclic) bond motifs is 1. The summed E-state index contributed by atoms with van der Waals surface area (Å²) in [5.74, 6) is 1.55. The van der Waals surface area contributed by atoms with Gasteiger partial charge < -0.3 is 15.3 Å². The summed E-state index contributed by atoms with van der Waals surface area (Å²) in [6, 6.07) is 8.01. The summed E-state index contributed by atoms with van der Waals surface area (Å²) in [4.78, 5) is 11.3. The van der Waals surface area contributed by atoms with Crippen LogP contribution in [-0.4, -0.2) is 40.3 Å². The van der Waals surface area contributed by atoms with Gasteiger partial charge in [-0.3, -0.25) is 0 Å². The topological polar surface area (TPSA) is 61.3 Å². The third-order valence-electron chi connectivity index (χ3n) is 3.67. The van der Waals surface area contributed by atoms with Crippen LogP contribution in [0.1, 0.15) is 20.3 Å². The van der Waals surface area contributed by atoms with Gasteiger partial charge in [0.2, 0.25) is 5.95 Å². The predicted octanol–water partition coefficient (Wildman–Crippen LogP) is 2.02. The molecule has 5 heteroatoms. The summed E-state index contributed by atoms with van der Waals surface area (Å²) >= 11 is 0. The number of para-hydroxylation sites is 1. The fourth-order valence-corrected chi connectivity index (χ4v) is 2.66. The molecule has 1 aliphatic rings. The van der Waals surface area contributed by atoms with Crippen LogP contribution >= 0.6 is 0 Å². The minimum absolute atomic E-state index is 0.611. The quantitative estimate of drug-likeness (QED) is 0.895. The van der Waals surface area contributed by atoms with Crippen LogP contribution in [0.4, 0.5) is 11.8 Å². The number of benzene rings is 1. The van der Waals surface area contributed by atoms with Crippen LogP contribution in [0.25, 0.3) is 10.9 Å². The predicted molar refractivity (Wildman–Crippen MR) is 81.2 cm³/mol. The molecule has 1 unspecified atom stereocenters. The van der Waals surface area contributed by atoms with Crippen molar-refractivity contribution in [2.45, 2.75) is 25.9 Å². The zero-order valence-corrected chi connectivity index (χ0v) is 11.9. The van der Waals surface area contributed by atoms with E-state index < -0.39 is 5.60 Å². The van der Waals surface area contributed by atoms with E-state index in [4.69, 9.17) is 0 Å². The summed E-state index contributed by atoms with van der Waals surface area (Å²) in [5, 5.41) is 14.4. The lowest BCUT2D eigenvalue weighted by Gasteiger charge is -2.21. The Morgan fingerprint density at radius 1 is 1.35 bits per heavy atom. The van der Waals surface area contributed by atoms with Crippen molar-refractivity contribution < 1.29 is 5.11 Å². The van der Waals surface area contributed by atoms with Crippen LogP contribution in [0.15, 0.2) is 24.3 Å². The first-order chi connectivity index (χ1) is 9.59. The van der Waals surface area contributed by atoms with E-state index in [-0.39, 0.29) is 0 Å². The monoisotopic (exact) mass is 272 g/mol. The van der Waals surface area contributed by atoms with Crippen molar-refractivity contribution in [2.75, 3.05) is 29.9 Å². The maximum absolute atomic E-state index is 10.2. The molecular weight excluding hydrogens is 252 g/mol. The molecule has 0 aliphatic carbocycles. The third kappa shape index (κ3) is 2.41. The van der Waals surface area contributed by atoms with E-state index in [0.717, 1.165) is 36.2 Å². The fraction of sp³-hybridized carbons (Fsp3) is 0.467. The van der Waals surface area contributed by atoms with E-state index >= 15 is 0 Å². The highest BCUT2D eigenvalue weighted by Crippen LogP contribution is 2.30. The van der Waals surface area contributed by atoms with Gasteiger partial charge >= 0.3 is 0 Å². The minimum atomic E-state index is -0.635. The highest BCUT2D eigenvalue weighted by Gasteiger charge is 2.33. The molecule has 0 spiro atoms. The molecule has 0 amide bonds. The molecule has 1 aliphatic heterocycles. The minimum Gasteiger partial charge on any atom is -0.388 e. The van der Waals surface area contributed by atoms with Crippen LogP contribution < -0.4 is 10.2 Å². The Hall–Kier alpha value is -1.88. The van der Waals surface area contributed by atoms with Gasteiger partial charge in [0.25, 0.3) is 0 Å². The normalized spacial score (nSPS) is 22.4. The highest BCUT2D eigenvalue weighted by molar-refractivity contribution is 5.90. The SMILES string of the molecule is CCNc1nc(N2CCC(C)(O)C2)c2ccccc2n1. The van der Waals surface area contributed by atoms with Crippen LogP contribution in [0.3, 0.4) is 0 Å². The zero-order valence-electron chi connectivity index (χ0n) is 11.9. The number of aromatic nitrogens is 2. The summed E-state index contributed by atoms with van der Waals surface area (Å²) in [7, 11) is 0. The largest absolute Gasteiger partial charge is 0.388 e. The molecular formula is C15H20N4O. The van der Waals surface area contributed by atoms with Crippen molar-refractivity contribution in [1.29, 1.82) is 0 Å². The van der Waals surface area contributed by atoms with Gasteiger partial charge in [-0.1, -0.05) is 12.1 Å². The molecule has 2 N–H and O–H groups in total. The molecule has 1 saturated heterocycles.